The highest BCUT2D eigenvalue weighted by Gasteiger charge is 2.20. The van der Waals surface area contributed by atoms with E-state index in [1.807, 2.05) is 6.92 Å². The fourth-order valence-corrected chi connectivity index (χ4v) is 1.98. The second kappa shape index (κ2) is 11.9. The van der Waals surface area contributed by atoms with Crippen LogP contribution >= 0.6 is 0 Å². The second-order valence-corrected chi connectivity index (χ2v) is 4.34. The normalized spacial score (nSPS) is 10.0. The van der Waals surface area contributed by atoms with Crippen molar-refractivity contribution in [2.45, 2.75) is 38.8 Å². The van der Waals surface area contributed by atoms with Crippen LogP contribution in [0.15, 0.2) is 0 Å². The van der Waals surface area contributed by atoms with Gasteiger partial charge in [-0.05, 0) is 6.92 Å². The maximum Gasteiger partial charge on any atom is 0.0635 e. The van der Waals surface area contributed by atoms with E-state index >= 15 is 0 Å². The zero-order chi connectivity index (χ0) is 15.2. The summed E-state index contributed by atoms with van der Waals surface area (Å²) in [6.07, 6.45) is 1.62. The standard InChI is InChI=1S/C14H20N6/c1-14(19(10-2-6-15)11-3-7-16)20(12-4-8-17)13-5-9-18/h14H,2-5,10-13H2,1H3. The molecule has 0 aliphatic carbocycles. The second-order valence-electron chi connectivity index (χ2n) is 4.34. The van der Waals surface area contributed by atoms with Crippen LogP contribution in [0.3, 0.4) is 0 Å². The Morgan fingerprint density at radius 3 is 1.10 bits per heavy atom. The van der Waals surface area contributed by atoms with Crippen molar-refractivity contribution in [1.82, 2.24) is 9.80 Å². The zero-order valence-corrected chi connectivity index (χ0v) is 11.9. The Balaban J connectivity index is 4.69. The van der Waals surface area contributed by atoms with E-state index in [4.69, 9.17) is 21.0 Å². The fourth-order valence-electron chi connectivity index (χ4n) is 1.98. The van der Waals surface area contributed by atoms with Crippen LogP contribution in [0.5, 0.6) is 0 Å². The van der Waals surface area contributed by atoms with Crippen molar-refractivity contribution in [2.24, 2.45) is 0 Å². The van der Waals surface area contributed by atoms with Gasteiger partial charge in [0.2, 0.25) is 0 Å². The molecule has 0 spiro atoms. The fraction of sp³-hybridized carbons (Fsp3) is 0.714. The molecule has 0 atom stereocenters. The summed E-state index contributed by atoms with van der Waals surface area (Å²) in [6, 6.07) is 8.43. The highest BCUT2D eigenvalue weighted by atomic mass is 15.3. The maximum atomic E-state index is 8.70. The smallest absolute Gasteiger partial charge is 0.0635 e. The minimum absolute atomic E-state index is 0.0124. The van der Waals surface area contributed by atoms with Crippen molar-refractivity contribution in [3.8, 4) is 24.3 Å². The number of hydrogen-bond acceptors (Lipinski definition) is 6. The van der Waals surface area contributed by atoms with Crippen LogP contribution < -0.4 is 0 Å². The van der Waals surface area contributed by atoms with Gasteiger partial charge in [0.25, 0.3) is 0 Å². The van der Waals surface area contributed by atoms with Crippen molar-refractivity contribution in [1.29, 1.82) is 21.0 Å². The summed E-state index contributed by atoms with van der Waals surface area (Å²) in [4.78, 5) is 4.11. The molecule has 0 bridgehead atoms. The molecular weight excluding hydrogens is 252 g/mol. The highest BCUT2D eigenvalue weighted by Crippen LogP contribution is 2.09. The van der Waals surface area contributed by atoms with Crippen LogP contribution in [0.1, 0.15) is 32.6 Å². The highest BCUT2D eigenvalue weighted by molar-refractivity contribution is 4.83. The topological polar surface area (TPSA) is 102 Å². The van der Waals surface area contributed by atoms with Gasteiger partial charge in [0, 0.05) is 51.9 Å². The lowest BCUT2D eigenvalue weighted by atomic mass is 10.2. The summed E-state index contributed by atoms with van der Waals surface area (Å²) in [6.45, 7) is 4.36. The minimum atomic E-state index is 0.0124. The van der Waals surface area contributed by atoms with Gasteiger partial charge in [-0.1, -0.05) is 0 Å². The molecule has 6 nitrogen and oxygen atoms in total. The number of hydrogen-bond donors (Lipinski definition) is 0. The van der Waals surface area contributed by atoms with E-state index < -0.39 is 0 Å². The Labute approximate surface area is 121 Å². The Morgan fingerprint density at radius 2 is 0.900 bits per heavy atom. The summed E-state index contributed by atoms with van der Waals surface area (Å²) in [5.41, 5.74) is 0. The van der Waals surface area contributed by atoms with Crippen LogP contribution in [0.2, 0.25) is 0 Å². The van der Waals surface area contributed by atoms with Crippen LogP contribution in [-0.2, 0) is 0 Å². The van der Waals surface area contributed by atoms with E-state index in [0.717, 1.165) is 0 Å². The first-order valence-electron chi connectivity index (χ1n) is 6.67. The largest absolute Gasteiger partial charge is 0.286 e. The summed E-state index contributed by atoms with van der Waals surface area (Å²) in [5.74, 6) is 0. The first-order valence-corrected chi connectivity index (χ1v) is 6.67. The molecule has 0 aliphatic rings. The molecule has 0 aromatic heterocycles. The van der Waals surface area contributed by atoms with Crippen LogP contribution in [0, 0.1) is 45.3 Å². The molecule has 20 heavy (non-hydrogen) atoms. The van der Waals surface area contributed by atoms with Gasteiger partial charge in [-0.15, -0.1) is 0 Å². The van der Waals surface area contributed by atoms with Crippen molar-refractivity contribution in [3.63, 3.8) is 0 Å². The average molecular weight is 272 g/mol. The van der Waals surface area contributed by atoms with Crippen molar-refractivity contribution >= 4 is 0 Å². The molecule has 106 valence electrons. The van der Waals surface area contributed by atoms with E-state index in [-0.39, 0.29) is 6.17 Å². The molecule has 0 aromatic carbocycles. The van der Waals surface area contributed by atoms with Gasteiger partial charge < -0.3 is 0 Å². The Kier molecular flexibility index (Phi) is 10.7. The van der Waals surface area contributed by atoms with Crippen LogP contribution in [-0.4, -0.2) is 42.1 Å². The Bertz CT molecular complexity index is 343. The first-order chi connectivity index (χ1) is 9.71. The summed E-state index contributed by atoms with van der Waals surface area (Å²) in [7, 11) is 0. The maximum absolute atomic E-state index is 8.70. The van der Waals surface area contributed by atoms with Crippen molar-refractivity contribution in [2.75, 3.05) is 26.2 Å². The third kappa shape index (κ3) is 7.34. The molecule has 0 aromatic rings. The first kappa shape index (κ1) is 17.9. The van der Waals surface area contributed by atoms with Crippen LogP contribution in [0.4, 0.5) is 0 Å². The molecule has 0 aliphatic heterocycles. The average Bonchev–Trinajstić information content (AvgIpc) is 2.47. The minimum Gasteiger partial charge on any atom is -0.286 e. The number of rotatable bonds is 10. The molecule has 0 rings (SSSR count). The third-order valence-electron chi connectivity index (χ3n) is 3.10. The lowest BCUT2D eigenvalue weighted by Crippen LogP contribution is -2.48. The SMILES string of the molecule is CC(N(CCC#N)CCC#N)N(CCC#N)CCC#N. The molecule has 0 saturated carbocycles. The van der Waals surface area contributed by atoms with E-state index in [0.29, 0.717) is 51.9 Å². The van der Waals surface area contributed by atoms with Crippen molar-refractivity contribution in [3.05, 3.63) is 0 Å². The number of nitriles is 4. The molecule has 0 N–H and O–H groups in total. The lowest BCUT2D eigenvalue weighted by molar-refractivity contribution is 0.0605. The van der Waals surface area contributed by atoms with Gasteiger partial charge in [0.15, 0.2) is 0 Å². The Morgan fingerprint density at radius 1 is 0.650 bits per heavy atom. The predicted octanol–water partition coefficient (Wildman–Crippen LogP) is 1.59. The molecular formula is C14H20N6. The molecule has 0 radical (unpaired) electrons. The van der Waals surface area contributed by atoms with E-state index in [1.165, 1.54) is 0 Å². The third-order valence-corrected chi connectivity index (χ3v) is 3.10. The van der Waals surface area contributed by atoms with Crippen molar-refractivity contribution < 1.29 is 0 Å². The van der Waals surface area contributed by atoms with Gasteiger partial charge in [-0.25, -0.2) is 0 Å². The molecule has 6 heteroatoms. The zero-order valence-electron chi connectivity index (χ0n) is 11.9. The van der Waals surface area contributed by atoms with Gasteiger partial charge in [-0.3, -0.25) is 9.80 Å². The quantitative estimate of drug-likeness (QED) is 0.560. The molecule has 0 amide bonds. The monoisotopic (exact) mass is 272 g/mol. The molecule has 0 heterocycles. The van der Waals surface area contributed by atoms with Gasteiger partial charge in [0.05, 0.1) is 30.4 Å². The van der Waals surface area contributed by atoms with E-state index in [2.05, 4.69) is 34.1 Å². The predicted molar refractivity (Wildman–Crippen MR) is 73.5 cm³/mol. The van der Waals surface area contributed by atoms with E-state index in [1.54, 1.807) is 0 Å². The van der Waals surface area contributed by atoms with Gasteiger partial charge in [0.1, 0.15) is 0 Å². The number of nitrogens with zero attached hydrogens (tertiary/aromatic N) is 6. The van der Waals surface area contributed by atoms with Gasteiger partial charge in [-0.2, -0.15) is 21.0 Å². The Hall–Kier alpha value is -2.12. The molecule has 0 saturated heterocycles. The molecule has 0 unspecified atom stereocenters. The van der Waals surface area contributed by atoms with Gasteiger partial charge >= 0.3 is 0 Å². The van der Waals surface area contributed by atoms with E-state index in [9.17, 15) is 0 Å². The summed E-state index contributed by atoms with van der Waals surface area (Å²) < 4.78 is 0. The lowest BCUT2D eigenvalue weighted by Gasteiger charge is -2.36. The van der Waals surface area contributed by atoms with Crippen LogP contribution in [0.25, 0.3) is 0 Å². The summed E-state index contributed by atoms with van der Waals surface area (Å²) >= 11 is 0. The molecule has 0 fully saturated rings. The summed E-state index contributed by atoms with van der Waals surface area (Å²) in [5, 5.41) is 34.8.